The van der Waals surface area contributed by atoms with Gasteiger partial charge in [-0.3, -0.25) is 0 Å². The molecule has 2 aromatic rings. The molecule has 2 nitrogen and oxygen atoms in total. The second-order valence-electron chi connectivity index (χ2n) is 3.84. The van der Waals surface area contributed by atoms with Crippen LogP contribution in [0.3, 0.4) is 0 Å². The maximum atomic E-state index is 13.1. The van der Waals surface area contributed by atoms with Crippen molar-refractivity contribution in [1.82, 2.24) is 0 Å². The van der Waals surface area contributed by atoms with Gasteiger partial charge in [-0.2, -0.15) is 0 Å². The Morgan fingerprint density at radius 3 is 2.67 bits per heavy atom. The van der Waals surface area contributed by atoms with Gasteiger partial charge in [0.15, 0.2) is 0 Å². The largest absolute Gasteiger partial charge is 0.397 e. The predicted molar refractivity (Wildman–Crippen MR) is 74.6 cm³/mol. The Kier molecular flexibility index (Phi) is 3.94. The van der Waals surface area contributed by atoms with E-state index in [0.29, 0.717) is 22.9 Å². The second-order valence-corrected chi connectivity index (χ2v) is 4.68. The fourth-order valence-electron chi connectivity index (χ4n) is 1.56. The SMILES string of the molecule is Nc1cc(F)c(Cl)cc1NCc1cccc(Cl)c1. The first-order chi connectivity index (χ1) is 8.56. The smallest absolute Gasteiger partial charge is 0.143 e. The Hall–Kier alpha value is -1.45. The molecule has 0 aliphatic heterocycles. The van der Waals surface area contributed by atoms with Crippen molar-refractivity contribution >= 4 is 34.6 Å². The molecular formula is C13H11Cl2FN2. The monoisotopic (exact) mass is 284 g/mol. The predicted octanol–water partition coefficient (Wildman–Crippen LogP) is 4.33. The summed E-state index contributed by atoms with van der Waals surface area (Å²) >= 11 is 11.6. The molecule has 5 heteroatoms. The van der Waals surface area contributed by atoms with E-state index in [1.165, 1.54) is 12.1 Å². The fourth-order valence-corrected chi connectivity index (χ4v) is 1.94. The highest BCUT2D eigenvalue weighted by Gasteiger charge is 2.06. The molecule has 0 radical (unpaired) electrons. The average Bonchev–Trinajstić information content (AvgIpc) is 2.32. The van der Waals surface area contributed by atoms with Crippen LogP contribution < -0.4 is 11.1 Å². The molecule has 3 N–H and O–H groups in total. The number of nitrogen functional groups attached to an aromatic ring is 1. The minimum atomic E-state index is -0.525. The first-order valence-electron chi connectivity index (χ1n) is 5.29. The lowest BCUT2D eigenvalue weighted by Crippen LogP contribution is -2.03. The summed E-state index contributed by atoms with van der Waals surface area (Å²) in [7, 11) is 0. The number of hydrogen-bond acceptors (Lipinski definition) is 2. The lowest BCUT2D eigenvalue weighted by Gasteiger charge is -2.10. The topological polar surface area (TPSA) is 38.0 Å². The van der Waals surface area contributed by atoms with Gasteiger partial charge >= 0.3 is 0 Å². The third-order valence-electron chi connectivity index (χ3n) is 2.46. The minimum absolute atomic E-state index is 0.0396. The molecule has 2 rings (SSSR count). The number of nitrogens with one attached hydrogen (secondary N) is 1. The Morgan fingerprint density at radius 2 is 1.94 bits per heavy atom. The number of hydrogen-bond donors (Lipinski definition) is 2. The number of rotatable bonds is 3. The first kappa shape index (κ1) is 13.0. The summed E-state index contributed by atoms with van der Waals surface area (Å²) in [5.74, 6) is -0.525. The zero-order valence-corrected chi connectivity index (χ0v) is 10.9. The van der Waals surface area contributed by atoms with E-state index in [1.54, 1.807) is 6.07 Å². The number of nitrogens with two attached hydrogens (primary N) is 1. The maximum Gasteiger partial charge on any atom is 0.143 e. The summed E-state index contributed by atoms with van der Waals surface area (Å²) in [6, 6.07) is 10.1. The first-order valence-corrected chi connectivity index (χ1v) is 6.04. The van der Waals surface area contributed by atoms with Gasteiger partial charge in [0, 0.05) is 17.6 Å². The van der Waals surface area contributed by atoms with Gasteiger partial charge in [0.05, 0.1) is 16.4 Å². The molecule has 0 fully saturated rings. The van der Waals surface area contributed by atoms with Crippen LogP contribution in [-0.4, -0.2) is 0 Å². The van der Waals surface area contributed by atoms with Crippen LogP contribution in [0.25, 0.3) is 0 Å². The van der Waals surface area contributed by atoms with E-state index in [9.17, 15) is 4.39 Å². The fraction of sp³-hybridized carbons (Fsp3) is 0.0769. The van der Waals surface area contributed by atoms with Crippen LogP contribution in [0.5, 0.6) is 0 Å². The van der Waals surface area contributed by atoms with Crippen molar-refractivity contribution in [2.45, 2.75) is 6.54 Å². The van der Waals surface area contributed by atoms with Gasteiger partial charge in [0.2, 0.25) is 0 Å². The van der Waals surface area contributed by atoms with Crippen LogP contribution in [0, 0.1) is 5.82 Å². The van der Waals surface area contributed by atoms with Gasteiger partial charge < -0.3 is 11.1 Å². The van der Waals surface area contributed by atoms with Crippen molar-refractivity contribution in [2.24, 2.45) is 0 Å². The van der Waals surface area contributed by atoms with Gasteiger partial charge in [-0.15, -0.1) is 0 Å². The van der Waals surface area contributed by atoms with Crippen molar-refractivity contribution in [3.63, 3.8) is 0 Å². The van der Waals surface area contributed by atoms with Gasteiger partial charge in [0.25, 0.3) is 0 Å². The summed E-state index contributed by atoms with van der Waals surface area (Å²) in [6.07, 6.45) is 0. The van der Waals surface area contributed by atoms with Crippen molar-refractivity contribution in [3.8, 4) is 0 Å². The Bertz CT molecular complexity index is 573. The Labute approximate surface area is 115 Å². The zero-order chi connectivity index (χ0) is 13.1. The van der Waals surface area contributed by atoms with Crippen LogP contribution in [-0.2, 0) is 6.54 Å². The Morgan fingerprint density at radius 1 is 1.17 bits per heavy atom. The van der Waals surface area contributed by atoms with Crippen LogP contribution in [0.4, 0.5) is 15.8 Å². The maximum absolute atomic E-state index is 13.1. The molecule has 0 amide bonds. The highest BCUT2D eigenvalue weighted by Crippen LogP contribution is 2.26. The Balaban J connectivity index is 2.13. The molecule has 2 aromatic carbocycles. The van der Waals surface area contributed by atoms with E-state index < -0.39 is 5.82 Å². The molecule has 0 saturated carbocycles. The molecule has 0 atom stereocenters. The lowest BCUT2D eigenvalue weighted by molar-refractivity contribution is 0.629. The summed E-state index contributed by atoms with van der Waals surface area (Å²) in [6.45, 7) is 0.534. The molecule has 0 unspecified atom stereocenters. The zero-order valence-electron chi connectivity index (χ0n) is 9.38. The molecule has 0 bridgehead atoms. The normalized spacial score (nSPS) is 10.4. The number of halogens is 3. The summed E-state index contributed by atoms with van der Waals surface area (Å²) in [4.78, 5) is 0. The highest BCUT2D eigenvalue weighted by atomic mass is 35.5. The molecular weight excluding hydrogens is 274 g/mol. The van der Waals surface area contributed by atoms with Crippen molar-refractivity contribution in [1.29, 1.82) is 0 Å². The van der Waals surface area contributed by atoms with Gasteiger partial charge in [-0.05, 0) is 23.8 Å². The van der Waals surface area contributed by atoms with Gasteiger partial charge in [-0.25, -0.2) is 4.39 Å². The molecule has 0 saturated heterocycles. The quantitative estimate of drug-likeness (QED) is 0.824. The molecule has 0 heterocycles. The molecule has 0 spiro atoms. The number of benzene rings is 2. The standard InChI is InChI=1S/C13H11Cl2FN2/c14-9-3-1-2-8(4-9)7-18-13-5-10(15)11(16)6-12(13)17/h1-6,18H,7,17H2. The molecule has 0 aromatic heterocycles. The van der Waals surface area contributed by atoms with Gasteiger partial charge in [0.1, 0.15) is 5.82 Å². The lowest BCUT2D eigenvalue weighted by atomic mass is 10.2. The van der Waals surface area contributed by atoms with E-state index in [2.05, 4.69) is 5.32 Å². The number of anilines is 2. The van der Waals surface area contributed by atoms with Crippen molar-refractivity contribution in [3.05, 3.63) is 57.8 Å². The average molecular weight is 285 g/mol. The van der Waals surface area contributed by atoms with Crippen LogP contribution in [0.2, 0.25) is 10.0 Å². The highest BCUT2D eigenvalue weighted by molar-refractivity contribution is 6.31. The van der Waals surface area contributed by atoms with Gasteiger partial charge in [-0.1, -0.05) is 35.3 Å². The van der Waals surface area contributed by atoms with E-state index >= 15 is 0 Å². The second kappa shape index (κ2) is 5.46. The van der Waals surface area contributed by atoms with Crippen LogP contribution in [0.15, 0.2) is 36.4 Å². The summed E-state index contributed by atoms with van der Waals surface area (Å²) in [5, 5.41) is 3.80. The molecule has 94 valence electrons. The van der Waals surface area contributed by atoms with E-state index in [4.69, 9.17) is 28.9 Å². The third kappa shape index (κ3) is 3.06. The molecule has 0 aliphatic carbocycles. The van der Waals surface area contributed by atoms with E-state index in [-0.39, 0.29) is 5.02 Å². The van der Waals surface area contributed by atoms with Crippen molar-refractivity contribution in [2.75, 3.05) is 11.1 Å². The minimum Gasteiger partial charge on any atom is -0.397 e. The summed E-state index contributed by atoms with van der Waals surface area (Å²) < 4.78 is 13.1. The van der Waals surface area contributed by atoms with Crippen LogP contribution in [0.1, 0.15) is 5.56 Å². The van der Waals surface area contributed by atoms with Crippen molar-refractivity contribution < 1.29 is 4.39 Å². The van der Waals surface area contributed by atoms with E-state index in [0.717, 1.165) is 5.56 Å². The summed E-state index contributed by atoms with van der Waals surface area (Å²) in [5.41, 5.74) is 7.62. The van der Waals surface area contributed by atoms with Crippen LogP contribution >= 0.6 is 23.2 Å². The molecule has 0 aliphatic rings. The third-order valence-corrected chi connectivity index (χ3v) is 2.99. The van der Waals surface area contributed by atoms with E-state index in [1.807, 2.05) is 18.2 Å². The molecule has 18 heavy (non-hydrogen) atoms.